The molecule has 0 saturated carbocycles. The molecule has 0 saturated heterocycles. The van der Waals surface area contributed by atoms with E-state index < -0.39 is 0 Å². The van der Waals surface area contributed by atoms with Gasteiger partial charge in [-0.25, -0.2) is 0 Å². The highest BCUT2D eigenvalue weighted by atomic mass is 16.3. The first kappa shape index (κ1) is 16.3. The van der Waals surface area contributed by atoms with Gasteiger partial charge in [0, 0.05) is 5.56 Å². The van der Waals surface area contributed by atoms with Gasteiger partial charge in [0.2, 0.25) is 0 Å². The Balaban J connectivity index is 2.16. The van der Waals surface area contributed by atoms with Crippen LogP contribution in [-0.4, -0.2) is 5.91 Å². The molecule has 3 nitrogen and oxygen atoms in total. The molecule has 2 aromatic rings. The Labute approximate surface area is 132 Å². The predicted octanol–water partition coefficient (Wildman–Crippen LogP) is 4.67. The number of hydrogen-bond donors (Lipinski definition) is 1. The van der Waals surface area contributed by atoms with Gasteiger partial charge >= 0.3 is 0 Å². The van der Waals surface area contributed by atoms with E-state index in [0.29, 0.717) is 11.7 Å². The molecular formula is C19H25NO2. The molecule has 0 spiro atoms. The Morgan fingerprint density at radius 1 is 1.18 bits per heavy atom. The second-order valence-corrected chi connectivity index (χ2v) is 6.12. The fraction of sp³-hybridized carbons (Fsp3) is 0.421. The van der Waals surface area contributed by atoms with Crippen molar-refractivity contribution >= 4 is 5.91 Å². The van der Waals surface area contributed by atoms with Gasteiger partial charge in [-0.3, -0.25) is 4.79 Å². The van der Waals surface area contributed by atoms with Crippen molar-refractivity contribution in [3.05, 3.63) is 59.0 Å². The highest BCUT2D eigenvalue weighted by Gasteiger charge is 2.21. The molecule has 1 aromatic carbocycles. The zero-order valence-electron chi connectivity index (χ0n) is 13.8. The molecule has 3 heteroatoms. The summed E-state index contributed by atoms with van der Waals surface area (Å²) in [5.74, 6) is 0.545. The minimum atomic E-state index is -0.154. The van der Waals surface area contributed by atoms with Crippen LogP contribution < -0.4 is 5.32 Å². The van der Waals surface area contributed by atoms with Crippen molar-refractivity contribution in [3.63, 3.8) is 0 Å². The summed E-state index contributed by atoms with van der Waals surface area (Å²) < 4.78 is 5.28. The fourth-order valence-corrected chi connectivity index (χ4v) is 2.63. The summed E-state index contributed by atoms with van der Waals surface area (Å²) in [7, 11) is 0. The van der Waals surface area contributed by atoms with Gasteiger partial charge in [0.25, 0.3) is 5.91 Å². The summed E-state index contributed by atoms with van der Waals surface area (Å²) in [5.41, 5.74) is 3.33. The molecule has 1 amide bonds. The van der Waals surface area contributed by atoms with E-state index >= 15 is 0 Å². The number of benzene rings is 1. The van der Waals surface area contributed by atoms with Crippen molar-refractivity contribution in [2.45, 2.75) is 46.6 Å². The molecule has 0 aliphatic rings. The smallest absolute Gasteiger partial charge is 0.287 e. The lowest BCUT2D eigenvalue weighted by molar-refractivity contribution is 0.0896. The first-order valence-electron chi connectivity index (χ1n) is 7.96. The first-order valence-corrected chi connectivity index (χ1v) is 7.96. The Morgan fingerprint density at radius 3 is 2.36 bits per heavy atom. The summed E-state index contributed by atoms with van der Waals surface area (Å²) in [5, 5.41) is 3.09. The fourth-order valence-electron chi connectivity index (χ4n) is 2.63. The number of carbonyl (C=O) groups is 1. The van der Waals surface area contributed by atoms with Gasteiger partial charge in [-0.1, -0.05) is 51.5 Å². The normalized spacial score (nSPS) is 12.4. The number of rotatable bonds is 6. The summed E-state index contributed by atoms with van der Waals surface area (Å²) >= 11 is 0. The summed E-state index contributed by atoms with van der Waals surface area (Å²) in [6.45, 7) is 8.28. The van der Waals surface area contributed by atoms with Gasteiger partial charge in [0.15, 0.2) is 5.76 Å². The maximum atomic E-state index is 12.4. The second-order valence-electron chi connectivity index (χ2n) is 6.12. The summed E-state index contributed by atoms with van der Waals surface area (Å²) in [4.78, 5) is 12.4. The Kier molecular flexibility index (Phi) is 5.42. The molecule has 0 aliphatic carbocycles. The molecule has 0 radical (unpaired) electrons. The van der Waals surface area contributed by atoms with E-state index in [1.807, 2.05) is 6.92 Å². The maximum absolute atomic E-state index is 12.4. The Bertz CT molecular complexity index is 611. The average molecular weight is 299 g/mol. The van der Waals surface area contributed by atoms with E-state index in [9.17, 15) is 4.79 Å². The number of carbonyl (C=O) groups excluding carboxylic acids is 1. The van der Waals surface area contributed by atoms with Crippen LogP contribution in [0.15, 0.2) is 41.0 Å². The number of hydrogen-bond acceptors (Lipinski definition) is 2. The topological polar surface area (TPSA) is 42.2 Å². The van der Waals surface area contributed by atoms with Gasteiger partial charge in [0.05, 0.1) is 12.3 Å². The van der Waals surface area contributed by atoms with Crippen molar-refractivity contribution in [1.29, 1.82) is 0 Å². The van der Waals surface area contributed by atoms with Gasteiger partial charge < -0.3 is 9.73 Å². The molecule has 2 rings (SSSR count). The van der Waals surface area contributed by atoms with Gasteiger partial charge in [-0.2, -0.15) is 0 Å². The zero-order valence-corrected chi connectivity index (χ0v) is 13.8. The molecule has 1 atom stereocenters. The van der Waals surface area contributed by atoms with Crippen molar-refractivity contribution in [2.24, 2.45) is 5.92 Å². The minimum absolute atomic E-state index is 0.0207. The standard InChI is InChI=1S/C19H25NO2/c1-5-6-15-7-9-16(10-8-15)17(13(2)3)20-19(21)18-14(4)11-12-22-18/h7-13,17H,5-6H2,1-4H3,(H,20,21). The Hall–Kier alpha value is -2.03. The molecule has 1 N–H and O–H groups in total. The lowest BCUT2D eigenvalue weighted by Gasteiger charge is -2.23. The van der Waals surface area contributed by atoms with Crippen LogP contribution in [0.1, 0.15) is 60.5 Å². The lowest BCUT2D eigenvalue weighted by atomic mass is 9.94. The molecule has 22 heavy (non-hydrogen) atoms. The molecule has 1 unspecified atom stereocenters. The maximum Gasteiger partial charge on any atom is 0.287 e. The summed E-state index contributed by atoms with van der Waals surface area (Å²) in [6.07, 6.45) is 3.78. The highest BCUT2D eigenvalue weighted by molar-refractivity contribution is 5.93. The third-order valence-electron chi connectivity index (χ3n) is 3.90. The van der Waals surface area contributed by atoms with Gasteiger partial charge in [-0.05, 0) is 36.5 Å². The number of furan rings is 1. The molecule has 1 heterocycles. The minimum Gasteiger partial charge on any atom is -0.459 e. The van der Waals surface area contributed by atoms with Crippen LogP contribution in [0.2, 0.25) is 0 Å². The second kappa shape index (κ2) is 7.30. The number of aryl methyl sites for hydroxylation is 2. The molecule has 1 aromatic heterocycles. The van der Waals surface area contributed by atoms with Gasteiger partial charge in [0.1, 0.15) is 0 Å². The first-order chi connectivity index (χ1) is 10.5. The van der Waals surface area contributed by atoms with Crippen molar-refractivity contribution < 1.29 is 9.21 Å². The van der Waals surface area contributed by atoms with Crippen LogP contribution in [-0.2, 0) is 6.42 Å². The quantitative estimate of drug-likeness (QED) is 0.842. The van der Waals surface area contributed by atoms with Gasteiger partial charge in [-0.15, -0.1) is 0 Å². The monoisotopic (exact) mass is 299 g/mol. The SMILES string of the molecule is CCCc1ccc(C(NC(=O)c2occc2C)C(C)C)cc1. The van der Waals surface area contributed by atoms with Crippen LogP contribution in [0.4, 0.5) is 0 Å². The molecule has 0 bridgehead atoms. The van der Waals surface area contributed by atoms with Crippen molar-refractivity contribution in [2.75, 3.05) is 0 Å². The summed E-state index contributed by atoms with van der Waals surface area (Å²) in [6, 6.07) is 10.3. The number of nitrogens with one attached hydrogen (secondary N) is 1. The lowest BCUT2D eigenvalue weighted by Crippen LogP contribution is -2.31. The van der Waals surface area contributed by atoms with Crippen LogP contribution in [0.25, 0.3) is 0 Å². The highest BCUT2D eigenvalue weighted by Crippen LogP contribution is 2.23. The molecule has 0 aliphatic heterocycles. The van der Waals surface area contributed by atoms with E-state index in [-0.39, 0.29) is 11.9 Å². The van der Waals surface area contributed by atoms with Crippen LogP contribution in [0.5, 0.6) is 0 Å². The van der Waals surface area contributed by atoms with E-state index in [0.717, 1.165) is 24.0 Å². The van der Waals surface area contributed by atoms with Crippen LogP contribution in [0, 0.1) is 12.8 Å². The molecular weight excluding hydrogens is 274 g/mol. The average Bonchev–Trinajstić information content (AvgIpc) is 2.92. The van der Waals surface area contributed by atoms with Crippen molar-refractivity contribution in [1.82, 2.24) is 5.32 Å². The third-order valence-corrected chi connectivity index (χ3v) is 3.90. The van der Waals surface area contributed by atoms with E-state index in [2.05, 4.69) is 50.4 Å². The van der Waals surface area contributed by atoms with Crippen molar-refractivity contribution in [3.8, 4) is 0 Å². The Morgan fingerprint density at radius 2 is 1.86 bits per heavy atom. The zero-order chi connectivity index (χ0) is 16.1. The van der Waals surface area contributed by atoms with Crippen LogP contribution >= 0.6 is 0 Å². The largest absolute Gasteiger partial charge is 0.459 e. The van der Waals surface area contributed by atoms with E-state index in [1.165, 1.54) is 5.56 Å². The third kappa shape index (κ3) is 3.79. The molecule has 0 fully saturated rings. The number of amides is 1. The van der Waals surface area contributed by atoms with Crippen LogP contribution in [0.3, 0.4) is 0 Å². The predicted molar refractivity (Wildman–Crippen MR) is 88.9 cm³/mol. The van der Waals surface area contributed by atoms with E-state index in [4.69, 9.17) is 4.42 Å². The van der Waals surface area contributed by atoms with E-state index in [1.54, 1.807) is 12.3 Å². The molecule has 118 valence electrons.